The zero-order valence-electron chi connectivity index (χ0n) is 20.2. The number of thiophene rings is 1. The second-order valence-corrected chi connectivity index (χ2v) is 9.77. The molecule has 0 aliphatic carbocycles. The maximum absolute atomic E-state index is 14.7. The molecule has 10 heteroatoms. The zero-order chi connectivity index (χ0) is 25.5. The van der Waals surface area contributed by atoms with Crippen LogP contribution in [0.5, 0.6) is 5.75 Å². The van der Waals surface area contributed by atoms with E-state index in [1.807, 2.05) is 17.5 Å². The maximum atomic E-state index is 14.7. The smallest absolute Gasteiger partial charge is 0.341 e. The van der Waals surface area contributed by atoms with Crippen molar-refractivity contribution >= 4 is 39.6 Å². The van der Waals surface area contributed by atoms with Gasteiger partial charge in [0.05, 0.1) is 19.4 Å². The van der Waals surface area contributed by atoms with Gasteiger partial charge in [0.25, 0.3) is 0 Å². The number of pyridine rings is 1. The molecule has 3 aromatic heterocycles. The quantitative estimate of drug-likeness (QED) is 0.174. The molecule has 0 radical (unpaired) electrons. The number of ether oxygens (including phenoxy) is 3. The van der Waals surface area contributed by atoms with Gasteiger partial charge >= 0.3 is 5.97 Å². The molecule has 0 atom stereocenters. The molecule has 0 aliphatic heterocycles. The van der Waals surface area contributed by atoms with Crippen molar-refractivity contribution in [1.82, 2.24) is 9.97 Å². The molecule has 0 bridgehead atoms. The Kier molecular flexibility index (Phi) is 8.63. The van der Waals surface area contributed by atoms with Crippen LogP contribution < -0.4 is 10.1 Å². The number of anilines is 2. The van der Waals surface area contributed by atoms with Gasteiger partial charge in [0.1, 0.15) is 18.0 Å². The first-order chi connectivity index (χ1) is 17.5. The molecular weight excluding hydrogens is 501 g/mol. The lowest BCUT2D eigenvalue weighted by atomic mass is 10.1. The Balaban J connectivity index is 1.64. The maximum Gasteiger partial charge on any atom is 0.341 e. The van der Waals surface area contributed by atoms with Crippen LogP contribution in [-0.4, -0.2) is 43.4 Å². The molecule has 0 unspecified atom stereocenters. The molecule has 36 heavy (non-hydrogen) atoms. The molecule has 0 fully saturated rings. The van der Waals surface area contributed by atoms with E-state index in [-0.39, 0.29) is 12.4 Å². The Morgan fingerprint density at radius 3 is 2.69 bits per heavy atom. The highest BCUT2D eigenvalue weighted by molar-refractivity contribution is 7.16. The van der Waals surface area contributed by atoms with E-state index in [9.17, 15) is 9.18 Å². The number of halogens is 1. The molecule has 1 N–H and O–H groups in total. The predicted octanol–water partition coefficient (Wildman–Crippen LogP) is 6.58. The fraction of sp³-hybridized carbons (Fsp3) is 0.269. The van der Waals surface area contributed by atoms with Crippen LogP contribution in [0, 0.1) is 5.82 Å². The van der Waals surface area contributed by atoms with Crippen LogP contribution in [0.3, 0.4) is 0 Å². The summed E-state index contributed by atoms with van der Waals surface area (Å²) in [5.41, 5.74) is 2.46. The third-order valence-corrected chi connectivity index (χ3v) is 7.20. The third kappa shape index (κ3) is 5.89. The number of thiazole rings is 1. The van der Waals surface area contributed by atoms with E-state index in [4.69, 9.17) is 19.2 Å². The van der Waals surface area contributed by atoms with Gasteiger partial charge in [0, 0.05) is 34.2 Å². The molecule has 0 spiro atoms. The van der Waals surface area contributed by atoms with E-state index >= 15 is 0 Å². The number of hydrogen-bond donors (Lipinski definition) is 1. The number of aryl methyl sites for hydroxylation is 1. The van der Waals surface area contributed by atoms with E-state index in [2.05, 4.69) is 17.2 Å². The number of benzene rings is 1. The lowest BCUT2D eigenvalue weighted by Gasteiger charge is -2.09. The van der Waals surface area contributed by atoms with Crippen LogP contribution in [-0.2, 0) is 15.9 Å². The first-order valence-electron chi connectivity index (χ1n) is 11.3. The summed E-state index contributed by atoms with van der Waals surface area (Å²) in [5.74, 6) is -0.454. The van der Waals surface area contributed by atoms with Crippen LogP contribution in [0.1, 0.15) is 28.6 Å². The van der Waals surface area contributed by atoms with Crippen molar-refractivity contribution in [2.75, 3.05) is 32.8 Å². The first-order valence-corrected chi connectivity index (χ1v) is 13.0. The Bertz CT molecular complexity index is 1320. The van der Waals surface area contributed by atoms with E-state index < -0.39 is 11.8 Å². The molecule has 0 saturated carbocycles. The van der Waals surface area contributed by atoms with Crippen molar-refractivity contribution in [3.05, 3.63) is 64.2 Å². The third-order valence-electron chi connectivity index (χ3n) is 5.25. The second-order valence-electron chi connectivity index (χ2n) is 7.74. The lowest BCUT2D eigenvalue weighted by molar-refractivity contribution is 0.0601. The van der Waals surface area contributed by atoms with Crippen molar-refractivity contribution in [1.29, 1.82) is 0 Å². The number of aromatic nitrogens is 2. The summed E-state index contributed by atoms with van der Waals surface area (Å²) in [6.07, 6.45) is 3.38. The first kappa shape index (κ1) is 25.7. The van der Waals surface area contributed by atoms with Crippen molar-refractivity contribution in [3.63, 3.8) is 0 Å². The van der Waals surface area contributed by atoms with Gasteiger partial charge in [-0.2, -0.15) is 0 Å². The van der Waals surface area contributed by atoms with Gasteiger partial charge in [-0.05, 0) is 42.1 Å². The van der Waals surface area contributed by atoms with E-state index in [1.165, 1.54) is 24.5 Å². The van der Waals surface area contributed by atoms with E-state index in [0.29, 0.717) is 34.4 Å². The van der Waals surface area contributed by atoms with Gasteiger partial charge < -0.3 is 19.5 Å². The fourth-order valence-corrected chi connectivity index (χ4v) is 5.33. The van der Waals surface area contributed by atoms with E-state index in [1.54, 1.807) is 42.8 Å². The van der Waals surface area contributed by atoms with Crippen LogP contribution in [0.4, 0.5) is 15.3 Å². The van der Waals surface area contributed by atoms with Crippen LogP contribution in [0.2, 0.25) is 0 Å². The standard InChI is InChI=1S/C26H26FN3O4S2/c1-4-6-22-23(16-8-9-20(19(27)14-16)34-11-10-32-2)29-26(36-22)30-24-18(25(31)33-3)13-17(15-28-24)21-7-5-12-35-21/h5,7-9,12-15H,4,6,10-11H2,1-3H3,(H,28,29,30). The minimum atomic E-state index is -0.500. The Morgan fingerprint density at radius 1 is 1.14 bits per heavy atom. The monoisotopic (exact) mass is 527 g/mol. The molecule has 188 valence electrons. The summed E-state index contributed by atoms with van der Waals surface area (Å²) < 4.78 is 30.1. The Labute approximate surface area is 216 Å². The summed E-state index contributed by atoms with van der Waals surface area (Å²) in [6.45, 7) is 2.71. The zero-order valence-corrected chi connectivity index (χ0v) is 21.8. The molecule has 1 aromatic carbocycles. The molecule has 0 aliphatic rings. The number of hydrogen-bond acceptors (Lipinski definition) is 9. The summed E-state index contributed by atoms with van der Waals surface area (Å²) >= 11 is 3.01. The number of carbonyl (C=O) groups is 1. The minimum Gasteiger partial charge on any atom is -0.488 e. The van der Waals surface area contributed by atoms with Gasteiger partial charge in [-0.1, -0.05) is 19.4 Å². The van der Waals surface area contributed by atoms with Crippen molar-refractivity contribution in [2.45, 2.75) is 19.8 Å². The molecule has 4 rings (SSSR count). The number of carbonyl (C=O) groups excluding carboxylic acids is 1. The number of esters is 1. The fourth-order valence-electron chi connectivity index (χ4n) is 3.54. The number of nitrogens with zero attached hydrogens (tertiary/aromatic N) is 2. The summed E-state index contributed by atoms with van der Waals surface area (Å²) in [5, 5.41) is 5.69. The highest BCUT2D eigenvalue weighted by atomic mass is 32.1. The summed E-state index contributed by atoms with van der Waals surface area (Å²) in [4.78, 5) is 23.8. The van der Waals surface area contributed by atoms with Gasteiger partial charge in [-0.3, -0.25) is 0 Å². The average molecular weight is 528 g/mol. The average Bonchev–Trinajstić information content (AvgIpc) is 3.56. The van der Waals surface area contributed by atoms with E-state index in [0.717, 1.165) is 28.2 Å². The number of rotatable bonds is 11. The van der Waals surface area contributed by atoms with Crippen molar-refractivity contribution < 1.29 is 23.4 Å². The largest absolute Gasteiger partial charge is 0.488 e. The highest BCUT2D eigenvalue weighted by Crippen LogP contribution is 2.36. The van der Waals surface area contributed by atoms with Gasteiger partial charge in [-0.15, -0.1) is 22.7 Å². The predicted molar refractivity (Wildman–Crippen MR) is 141 cm³/mol. The summed E-state index contributed by atoms with van der Waals surface area (Å²) in [6, 6.07) is 10.5. The molecule has 4 aromatic rings. The van der Waals surface area contributed by atoms with Gasteiger partial charge in [0.2, 0.25) is 0 Å². The Hall–Kier alpha value is -3.34. The molecular formula is C26H26FN3O4S2. The number of methoxy groups -OCH3 is 2. The second kappa shape index (κ2) is 12.1. The van der Waals surface area contributed by atoms with Crippen LogP contribution in [0.25, 0.3) is 21.7 Å². The van der Waals surface area contributed by atoms with Crippen LogP contribution >= 0.6 is 22.7 Å². The molecule has 7 nitrogen and oxygen atoms in total. The molecule has 0 saturated heterocycles. The van der Waals surface area contributed by atoms with Gasteiger partial charge in [-0.25, -0.2) is 19.2 Å². The van der Waals surface area contributed by atoms with Crippen molar-refractivity contribution in [2.24, 2.45) is 0 Å². The lowest BCUT2D eigenvalue weighted by Crippen LogP contribution is -2.07. The summed E-state index contributed by atoms with van der Waals surface area (Å²) in [7, 11) is 2.90. The highest BCUT2D eigenvalue weighted by Gasteiger charge is 2.19. The minimum absolute atomic E-state index is 0.166. The number of nitrogens with one attached hydrogen (secondary N) is 1. The topological polar surface area (TPSA) is 82.6 Å². The van der Waals surface area contributed by atoms with Crippen LogP contribution in [0.15, 0.2) is 48.0 Å². The Morgan fingerprint density at radius 2 is 2.00 bits per heavy atom. The molecule has 3 heterocycles. The van der Waals surface area contributed by atoms with Crippen molar-refractivity contribution in [3.8, 4) is 27.4 Å². The SMILES string of the molecule is CCCc1sc(Nc2ncc(-c3cccs3)cc2C(=O)OC)nc1-c1ccc(OCCOC)c(F)c1. The normalized spacial score (nSPS) is 10.9. The van der Waals surface area contributed by atoms with Gasteiger partial charge in [0.15, 0.2) is 16.7 Å². The molecule has 0 amide bonds.